The van der Waals surface area contributed by atoms with Crippen molar-refractivity contribution in [2.45, 2.75) is 25.3 Å². The lowest BCUT2D eigenvalue weighted by molar-refractivity contribution is -0.132. The lowest BCUT2D eigenvalue weighted by atomic mass is 9.92. The molecule has 2 amide bonds. The fourth-order valence-electron chi connectivity index (χ4n) is 2.70. The fourth-order valence-corrected chi connectivity index (χ4v) is 2.70. The third kappa shape index (κ3) is 1.65. The maximum Gasteiger partial charge on any atom is 0.265 e. The first-order valence-corrected chi connectivity index (χ1v) is 6.25. The van der Waals surface area contributed by atoms with E-state index in [0.29, 0.717) is 0 Å². The summed E-state index contributed by atoms with van der Waals surface area (Å²) in [5.41, 5.74) is 0.0295. The molecule has 6 heteroatoms. The standard InChI is InChI=1S/C14H11NO5/c16-7-4-5-9(11(18)6-7)15-13(19)8-2-1-3-10(17)12(8)14(15)20/h1-3,9,17H,4-6H2. The number of ketones is 2. The van der Waals surface area contributed by atoms with Gasteiger partial charge in [-0.25, -0.2) is 0 Å². The number of hydrogen-bond donors (Lipinski definition) is 1. The monoisotopic (exact) mass is 273 g/mol. The van der Waals surface area contributed by atoms with Crippen molar-refractivity contribution in [3.63, 3.8) is 0 Å². The van der Waals surface area contributed by atoms with Gasteiger partial charge < -0.3 is 5.11 Å². The molecular weight excluding hydrogens is 262 g/mol. The van der Waals surface area contributed by atoms with Crippen LogP contribution in [0.4, 0.5) is 0 Å². The van der Waals surface area contributed by atoms with Gasteiger partial charge in [0, 0.05) is 6.42 Å². The van der Waals surface area contributed by atoms with E-state index in [1.54, 1.807) is 0 Å². The molecule has 1 aromatic rings. The second-order valence-corrected chi connectivity index (χ2v) is 4.92. The summed E-state index contributed by atoms with van der Waals surface area (Å²) in [6, 6.07) is 3.32. The summed E-state index contributed by atoms with van der Waals surface area (Å²) in [5.74, 6) is -2.13. The largest absolute Gasteiger partial charge is 0.507 e. The van der Waals surface area contributed by atoms with Crippen molar-refractivity contribution in [1.82, 2.24) is 4.90 Å². The summed E-state index contributed by atoms with van der Waals surface area (Å²) >= 11 is 0. The van der Waals surface area contributed by atoms with Crippen molar-refractivity contribution >= 4 is 23.4 Å². The molecule has 1 aliphatic carbocycles. The molecule has 2 aliphatic rings. The Bertz CT molecular complexity index is 664. The lowest BCUT2D eigenvalue weighted by Crippen LogP contribution is -2.47. The molecule has 0 bridgehead atoms. The Morgan fingerprint density at radius 2 is 1.85 bits per heavy atom. The molecule has 1 unspecified atom stereocenters. The number of phenols is 1. The number of amides is 2. The molecule has 1 fully saturated rings. The van der Waals surface area contributed by atoms with E-state index < -0.39 is 23.6 Å². The number of carbonyl (C=O) groups excluding carboxylic acids is 4. The Balaban J connectivity index is 2.00. The van der Waals surface area contributed by atoms with Gasteiger partial charge in [-0.1, -0.05) is 6.07 Å². The molecule has 1 N–H and O–H groups in total. The normalized spacial score (nSPS) is 22.4. The number of aromatic hydroxyl groups is 1. The molecule has 1 saturated carbocycles. The highest BCUT2D eigenvalue weighted by Gasteiger charge is 2.45. The topological polar surface area (TPSA) is 91.8 Å². The number of hydrogen-bond acceptors (Lipinski definition) is 5. The maximum atomic E-state index is 12.3. The zero-order valence-electron chi connectivity index (χ0n) is 10.5. The predicted octanol–water partition coefficient (Wildman–Crippen LogP) is 0.679. The van der Waals surface area contributed by atoms with Crippen LogP contribution in [-0.4, -0.2) is 39.4 Å². The minimum atomic E-state index is -0.903. The average molecular weight is 273 g/mol. The van der Waals surface area contributed by atoms with Crippen LogP contribution < -0.4 is 0 Å². The summed E-state index contributed by atoms with van der Waals surface area (Å²) in [5, 5.41) is 9.70. The molecule has 1 atom stereocenters. The van der Waals surface area contributed by atoms with E-state index in [-0.39, 0.29) is 41.9 Å². The van der Waals surface area contributed by atoms with Crippen LogP contribution in [0.5, 0.6) is 5.75 Å². The number of rotatable bonds is 1. The minimum Gasteiger partial charge on any atom is -0.507 e. The molecule has 102 valence electrons. The average Bonchev–Trinajstić information content (AvgIpc) is 2.64. The summed E-state index contributed by atoms with van der Waals surface area (Å²) in [6.07, 6.45) is 0.0870. The van der Waals surface area contributed by atoms with Crippen molar-refractivity contribution < 1.29 is 24.3 Å². The SMILES string of the molecule is O=C1CCC(N2C(=O)c3cccc(O)c3C2=O)C(=O)C1. The molecule has 1 heterocycles. The Labute approximate surface area is 114 Å². The number of Topliss-reactive ketones (excluding diaryl/α,β-unsaturated/α-hetero) is 2. The second-order valence-electron chi connectivity index (χ2n) is 4.92. The van der Waals surface area contributed by atoms with Crippen LogP contribution >= 0.6 is 0 Å². The molecule has 0 saturated heterocycles. The van der Waals surface area contributed by atoms with E-state index in [9.17, 15) is 24.3 Å². The van der Waals surface area contributed by atoms with Crippen molar-refractivity contribution in [3.05, 3.63) is 29.3 Å². The molecule has 6 nitrogen and oxygen atoms in total. The van der Waals surface area contributed by atoms with Gasteiger partial charge in [0.2, 0.25) is 0 Å². The van der Waals surface area contributed by atoms with Crippen molar-refractivity contribution in [2.75, 3.05) is 0 Å². The van der Waals surface area contributed by atoms with Crippen LogP contribution in [0.3, 0.4) is 0 Å². The number of benzene rings is 1. The highest BCUT2D eigenvalue weighted by molar-refractivity contribution is 6.24. The number of nitrogens with zero attached hydrogens (tertiary/aromatic N) is 1. The molecule has 3 rings (SSSR count). The maximum absolute atomic E-state index is 12.3. The van der Waals surface area contributed by atoms with E-state index in [1.807, 2.05) is 0 Å². The van der Waals surface area contributed by atoms with Gasteiger partial charge in [-0.2, -0.15) is 0 Å². The summed E-state index contributed by atoms with van der Waals surface area (Å²) in [4.78, 5) is 48.5. The molecule has 0 radical (unpaired) electrons. The van der Waals surface area contributed by atoms with Crippen LogP contribution in [0.15, 0.2) is 18.2 Å². The molecule has 0 aromatic heterocycles. The van der Waals surface area contributed by atoms with E-state index in [0.717, 1.165) is 4.90 Å². The summed E-state index contributed by atoms with van der Waals surface area (Å²) in [7, 11) is 0. The van der Waals surface area contributed by atoms with E-state index in [2.05, 4.69) is 0 Å². The van der Waals surface area contributed by atoms with Crippen molar-refractivity contribution in [2.24, 2.45) is 0 Å². The van der Waals surface area contributed by atoms with Crippen LogP contribution in [0.2, 0.25) is 0 Å². The first-order valence-electron chi connectivity index (χ1n) is 6.25. The highest BCUT2D eigenvalue weighted by Crippen LogP contribution is 2.33. The Kier molecular flexibility index (Phi) is 2.67. The third-order valence-electron chi connectivity index (χ3n) is 3.68. The van der Waals surface area contributed by atoms with Crippen LogP contribution in [-0.2, 0) is 9.59 Å². The highest BCUT2D eigenvalue weighted by atomic mass is 16.3. The van der Waals surface area contributed by atoms with Crippen molar-refractivity contribution in [1.29, 1.82) is 0 Å². The predicted molar refractivity (Wildman–Crippen MR) is 66.3 cm³/mol. The fraction of sp³-hybridized carbons (Fsp3) is 0.286. The molecule has 0 spiro atoms. The summed E-state index contributed by atoms with van der Waals surface area (Å²) in [6.45, 7) is 0. The van der Waals surface area contributed by atoms with Gasteiger partial charge in [-0.05, 0) is 18.6 Å². The number of carbonyl (C=O) groups is 4. The van der Waals surface area contributed by atoms with Gasteiger partial charge in [0.15, 0.2) is 5.78 Å². The van der Waals surface area contributed by atoms with E-state index >= 15 is 0 Å². The van der Waals surface area contributed by atoms with Gasteiger partial charge in [0.1, 0.15) is 11.5 Å². The van der Waals surface area contributed by atoms with E-state index in [4.69, 9.17) is 0 Å². The van der Waals surface area contributed by atoms with Crippen LogP contribution in [0.1, 0.15) is 40.0 Å². The third-order valence-corrected chi connectivity index (χ3v) is 3.68. The molecular formula is C14H11NO5. The number of imide groups is 1. The molecule has 1 aromatic carbocycles. The quantitative estimate of drug-likeness (QED) is 0.600. The van der Waals surface area contributed by atoms with Crippen molar-refractivity contribution in [3.8, 4) is 5.75 Å². The Morgan fingerprint density at radius 3 is 2.50 bits per heavy atom. The second kappa shape index (κ2) is 4.26. The van der Waals surface area contributed by atoms with Gasteiger partial charge in [-0.15, -0.1) is 0 Å². The van der Waals surface area contributed by atoms with Gasteiger partial charge >= 0.3 is 0 Å². The first kappa shape index (κ1) is 12.5. The smallest absolute Gasteiger partial charge is 0.265 e. The zero-order valence-corrected chi connectivity index (χ0v) is 10.5. The Hall–Kier alpha value is -2.50. The zero-order chi connectivity index (χ0) is 14.4. The molecule has 20 heavy (non-hydrogen) atoms. The van der Waals surface area contributed by atoms with E-state index in [1.165, 1.54) is 18.2 Å². The number of phenolic OH excluding ortho intramolecular Hbond substituents is 1. The van der Waals surface area contributed by atoms with Gasteiger partial charge in [-0.3, -0.25) is 24.1 Å². The van der Waals surface area contributed by atoms with Crippen LogP contribution in [0.25, 0.3) is 0 Å². The Morgan fingerprint density at radius 1 is 1.10 bits per heavy atom. The lowest BCUT2D eigenvalue weighted by Gasteiger charge is -2.27. The summed E-state index contributed by atoms with van der Waals surface area (Å²) < 4.78 is 0. The minimum absolute atomic E-state index is 0.0674. The van der Waals surface area contributed by atoms with Gasteiger partial charge in [0.05, 0.1) is 23.6 Å². The van der Waals surface area contributed by atoms with Crippen LogP contribution in [0, 0.1) is 0 Å². The molecule has 1 aliphatic heterocycles. The first-order chi connectivity index (χ1) is 9.50. The van der Waals surface area contributed by atoms with Gasteiger partial charge in [0.25, 0.3) is 11.8 Å². The number of fused-ring (bicyclic) bond motifs is 1.